The molecule has 70 valence electrons. The van der Waals surface area contributed by atoms with Gasteiger partial charge in [-0.1, -0.05) is 0 Å². The molecule has 2 N–H and O–H groups in total. The maximum atomic E-state index is 10.6. The molecule has 14 heavy (non-hydrogen) atoms. The van der Waals surface area contributed by atoms with Crippen LogP contribution in [0.15, 0.2) is 22.8 Å². The molecule has 0 fully saturated rings. The van der Waals surface area contributed by atoms with Gasteiger partial charge in [0.15, 0.2) is 0 Å². The molecule has 0 aliphatic carbocycles. The van der Waals surface area contributed by atoms with Crippen molar-refractivity contribution >= 4 is 52.5 Å². The Bertz CT molecular complexity index is 341. The average Bonchev–Trinajstić information content (AvgIpc) is 2.08. The zero-order valence-electron chi connectivity index (χ0n) is 6.32. The second kappa shape index (κ2) is 5.81. The number of hydrogen-bond donors (Lipinski definition) is 2. The van der Waals surface area contributed by atoms with E-state index in [0.717, 1.165) is 4.47 Å². The van der Waals surface area contributed by atoms with Gasteiger partial charge < -0.3 is 10.4 Å². The Morgan fingerprint density at radius 1 is 1.43 bits per heavy atom. The number of aliphatic carboxylic acids is 1. The van der Waals surface area contributed by atoms with E-state index in [9.17, 15) is 9.59 Å². The van der Waals surface area contributed by atoms with Crippen LogP contribution >= 0.6 is 15.9 Å². The molecular weight excluding hydrogens is 247 g/mol. The molecule has 1 amide bonds. The monoisotopic (exact) mass is 252 g/mol. The fourth-order valence-electron chi connectivity index (χ4n) is 0.620. The Morgan fingerprint density at radius 3 is 2.50 bits per heavy atom. The number of halogens is 1. The molecule has 0 aromatic carbocycles. The van der Waals surface area contributed by atoms with Gasteiger partial charge in [0.05, 0.1) is 0 Å². The number of carbonyl (C=O) groups is 2. The van der Waals surface area contributed by atoms with Gasteiger partial charge in [0.1, 0.15) is 5.82 Å². The third-order valence-corrected chi connectivity index (χ3v) is 1.63. The molecule has 1 rings (SSSR count). The van der Waals surface area contributed by atoms with E-state index in [1.165, 1.54) is 12.3 Å². The van der Waals surface area contributed by atoms with E-state index in [1.807, 2.05) is 0 Å². The molecule has 0 atom stereocenters. The fraction of sp³-hybridized carbons (Fsp3) is 0. The van der Waals surface area contributed by atoms with E-state index in [2.05, 4.69) is 26.2 Å². The van der Waals surface area contributed by atoms with Crippen molar-refractivity contribution in [3.63, 3.8) is 0 Å². The first-order valence-electron chi connectivity index (χ1n) is 3.25. The summed E-state index contributed by atoms with van der Waals surface area (Å²) in [4.78, 5) is 24.5. The van der Waals surface area contributed by atoms with E-state index < -0.39 is 11.9 Å². The molecule has 0 unspecified atom stereocenters. The van der Waals surface area contributed by atoms with Gasteiger partial charge in [-0.05, 0) is 28.1 Å². The van der Waals surface area contributed by atoms with Crippen LogP contribution in [0.5, 0.6) is 0 Å². The molecule has 0 aliphatic rings. The zero-order chi connectivity index (χ0) is 9.84. The predicted molar refractivity (Wildman–Crippen MR) is 55.4 cm³/mol. The van der Waals surface area contributed by atoms with Crippen molar-refractivity contribution in [2.45, 2.75) is 0 Å². The predicted octanol–water partition coefficient (Wildman–Crippen LogP) is 0.219. The van der Waals surface area contributed by atoms with Crippen LogP contribution in [0.1, 0.15) is 0 Å². The van der Waals surface area contributed by atoms with Crippen LogP contribution < -0.4 is 5.32 Å². The Labute approximate surface area is 100 Å². The van der Waals surface area contributed by atoms with E-state index in [0.29, 0.717) is 0 Å². The van der Waals surface area contributed by atoms with Crippen molar-refractivity contribution in [1.82, 2.24) is 4.98 Å². The van der Waals surface area contributed by atoms with Crippen molar-refractivity contribution in [3.8, 4) is 0 Å². The van der Waals surface area contributed by atoms with E-state index in [-0.39, 0.29) is 24.7 Å². The number of rotatable bonds is 1. The Balaban J connectivity index is 0.00000169. The number of hydrogen-bond acceptors (Lipinski definition) is 3. The standard InChI is InChI=1S/C7H5BrN2O3.Li.H/c8-4-1-2-5(9-3-4)10-6(11)7(12)13;;/h1-3H,(H,12,13)(H,9,10,11);;. The molecule has 7 heteroatoms. The van der Waals surface area contributed by atoms with E-state index >= 15 is 0 Å². The van der Waals surface area contributed by atoms with Crippen LogP contribution in [-0.4, -0.2) is 40.8 Å². The minimum absolute atomic E-state index is 0. The minimum atomic E-state index is -1.54. The fourth-order valence-corrected chi connectivity index (χ4v) is 0.854. The molecule has 0 bridgehead atoms. The number of aromatic nitrogens is 1. The van der Waals surface area contributed by atoms with Crippen molar-refractivity contribution in [2.24, 2.45) is 0 Å². The Kier molecular flexibility index (Phi) is 5.46. The van der Waals surface area contributed by atoms with Gasteiger partial charge in [-0.2, -0.15) is 0 Å². The second-order valence-electron chi connectivity index (χ2n) is 2.12. The number of pyridine rings is 1. The molecule has 1 heterocycles. The first kappa shape index (κ1) is 13.2. The van der Waals surface area contributed by atoms with Crippen LogP contribution in [0.25, 0.3) is 0 Å². The van der Waals surface area contributed by atoms with Gasteiger partial charge in [-0.25, -0.2) is 9.78 Å². The van der Waals surface area contributed by atoms with Gasteiger partial charge >= 0.3 is 30.7 Å². The van der Waals surface area contributed by atoms with Gasteiger partial charge in [-0.15, -0.1) is 0 Å². The Hall–Kier alpha value is -0.833. The second-order valence-corrected chi connectivity index (χ2v) is 3.04. The number of carboxylic acids is 1. The Morgan fingerprint density at radius 2 is 2.07 bits per heavy atom. The number of anilines is 1. The van der Waals surface area contributed by atoms with Gasteiger partial charge in [0, 0.05) is 10.7 Å². The third kappa shape index (κ3) is 3.92. The molecule has 0 spiro atoms. The molecule has 0 aliphatic heterocycles. The van der Waals surface area contributed by atoms with Crippen LogP contribution in [0.3, 0.4) is 0 Å². The maximum absolute atomic E-state index is 10.6. The summed E-state index contributed by atoms with van der Waals surface area (Å²) in [6.07, 6.45) is 1.46. The van der Waals surface area contributed by atoms with Gasteiger partial charge in [-0.3, -0.25) is 4.79 Å². The molecule has 5 nitrogen and oxygen atoms in total. The average molecular weight is 253 g/mol. The zero-order valence-corrected chi connectivity index (χ0v) is 7.91. The number of carboxylic acid groups (broad SMARTS) is 1. The molecule has 0 saturated heterocycles. The quantitative estimate of drug-likeness (QED) is 0.554. The van der Waals surface area contributed by atoms with Crippen molar-refractivity contribution in [3.05, 3.63) is 22.8 Å². The summed E-state index contributed by atoms with van der Waals surface area (Å²) in [6, 6.07) is 3.13. The normalized spacial score (nSPS) is 8.64. The SMILES string of the molecule is O=C(O)C(=O)Nc1ccc(Br)cn1.[LiH]. The number of amides is 1. The van der Waals surface area contributed by atoms with Crippen molar-refractivity contribution < 1.29 is 14.7 Å². The summed E-state index contributed by atoms with van der Waals surface area (Å²) < 4.78 is 0.751. The van der Waals surface area contributed by atoms with Crippen LogP contribution in [0.2, 0.25) is 0 Å². The van der Waals surface area contributed by atoms with Crippen LogP contribution in [-0.2, 0) is 9.59 Å². The summed E-state index contributed by atoms with van der Waals surface area (Å²) in [5.74, 6) is -2.44. The first-order valence-corrected chi connectivity index (χ1v) is 4.05. The van der Waals surface area contributed by atoms with E-state index in [1.54, 1.807) is 6.07 Å². The van der Waals surface area contributed by atoms with Crippen molar-refractivity contribution in [2.75, 3.05) is 5.32 Å². The summed E-state index contributed by atoms with van der Waals surface area (Å²) in [5, 5.41) is 10.3. The topological polar surface area (TPSA) is 79.3 Å². The van der Waals surface area contributed by atoms with Gasteiger partial charge in [0.25, 0.3) is 0 Å². The van der Waals surface area contributed by atoms with Crippen molar-refractivity contribution in [1.29, 1.82) is 0 Å². The molecule has 0 radical (unpaired) electrons. The molecule has 1 aromatic rings. The summed E-state index contributed by atoms with van der Waals surface area (Å²) in [7, 11) is 0. The third-order valence-electron chi connectivity index (χ3n) is 1.16. The molecule has 0 saturated carbocycles. The number of carbonyl (C=O) groups excluding carboxylic acids is 1. The summed E-state index contributed by atoms with van der Waals surface area (Å²) in [6.45, 7) is 0. The number of nitrogens with one attached hydrogen (secondary N) is 1. The number of nitrogens with zero attached hydrogens (tertiary/aromatic N) is 1. The van der Waals surface area contributed by atoms with Crippen LogP contribution in [0.4, 0.5) is 5.82 Å². The summed E-state index contributed by atoms with van der Waals surface area (Å²) in [5.41, 5.74) is 0. The molecule has 1 aromatic heterocycles. The first-order chi connectivity index (χ1) is 6.09. The molecular formula is C7H6BrLiN2O3. The van der Waals surface area contributed by atoms with Gasteiger partial charge in [0.2, 0.25) is 0 Å². The summed E-state index contributed by atoms with van der Waals surface area (Å²) >= 11 is 3.15. The van der Waals surface area contributed by atoms with Crippen LogP contribution in [0, 0.1) is 0 Å². The van der Waals surface area contributed by atoms with E-state index in [4.69, 9.17) is 5.11 Å².